The van der Waals surface area contributed by atoms with Crippen molar-refractivity contribution < 1.29 is 63.7 Å². The van der Waals surface area contributed by atoms with E-state index in [-0.39, 0.29) is 75.0 Å². The van der Waals surface area contributed by atoms with Crippen LogP contribution in [0.25, 0.3) is 0 Å². The molecule has 1 unspecified atom stereocenters. The Labute approximate surface area is 406 Å². The van der Waals surface area contributed by atoms with Gasteiger partial charge in [0.1, 0.15) is 30.3 Å². The van der Waals surface area contributed by atoms with Crippen molar-refractivity contribution in [3.05, 3.63) is 106 Å². The van der Waals surface area contributed by atoms with Crippen molar-refractivity contribution in [3.63, 3.8) is 0 Å². The van der Waals surface area contributed by atoms with E-state index in [0.717, 1.165) is 60.3 Å². The van der Waals surface area contributed by atoms with Gasteiger partial charge in [0.25, 0.3) is 0 Å². The summed E-state index contributed by atoms with van der Waals surface area (Å²) in [5.74, 6) is 1.22. The Balaban J connectivity index is 0.000000117. The first-order valence-electron chi connectivity index (χ1n) is 23.0. The van der Waals surface area contributed by atoms with Crippen molar-refractivity contribution in [2.24, 2.45) is 0 Å². The van der Waals surface area contributed by atoms with Gasteiger partial charge < -0.3 is 54.6 Å². The van der Waals surface area contributed by atoms with E-state index in [4.69, 9.17) is 23.7 Å². The Morgan fingerprint density at radius 1 is 0.600 bits per heavy atom. The van der Waals surface area contributed by atoms with E-state index in [2.05, 4.69) is 15.1 Å². The van der Waals surface area contributed by atoms with E-state index >= 15 is 0 Å². The average molecular weight is 960 g/mol. The van der Waals surface area contributed by atoms with Crippen molar-refractivity contribution in [1.29, 1.82) is 0 Å². The van der Waals surface area contributed by atoms with Gasteiger partial charge in [-0.1, -0.05) is 40.5 Å². The number of likely N-dealkylation sites (tertiary alicyclic amines) is 1. The number of phenols is 3. The number of likely N-dealkylation sites (N-methyl/N-ethyl adjacent to an activating group) is 1. The van der Waals surface area contributed by atoms with E-state index in [1.807, 2.05) is 38.1 Å². The molecular weight excluding hydrogens is 899 g/mol. The summed E-state index contributed by atoms with van der Waals surface area (Å²) in [4.78, 5) is 49.9. The fourth-order valence-corrected chi connectivity index (χ4v) is 15.6. The number of rotatable bonds is 0. The molecular formula is C54H61N3O13. The zero-order valence-corrected chi connectivity index (χ0v) is 36.6. The number of hydrogen-bond acceptors (Lipinski definition) is 16. The Morgan fingerprint density at radius 2 is 1.06 bits per heavy atom. The fraction of sp³-hybridized carbons (Fsp3) is 0.481. The lowest BCUT2D eigenvalue weighted by Crippen LogP contribution is -2.74. The average Bonchev–Trinajstić information content (AvgIpc) is 4.05. The van der Waals surface area contributed by atoms with Gasteiger partial charge in [-0.25, -0.2) is 0 Å². The van der Waals surface area contributed by atoms with Crippen molar-refractivity contribution in [2.45, 2.75) is 130 Å². The Kier molecular flexibility index (Phi) is 10.5. The van der Waals surface area contributed by atoms with E-state index in [1.54, 1.807) is 36.4 Å². The van der Waals surface area contributed by atoms with Crippen molar-refractivity contribution in [1.82, 2.24) is 15.1 Å². The minimum Gasteiger partial charge on any atom is -0.504 e. The van der Waals surface area contributed by atoms with Crippen LogP contribution < -0.4 is 19.5 Å². The molecule has 7 aliphatic heterocycles. The van der Waals surface area contributed by atoms with Gasteiger partial charge in [-0.15, -0.1) is 0 Å². The molecule has 4 fully saturated rings. The standard InChI is InChI=1S/C17H15NO4.C17H17NO4.C16H15NO4.CH2O.3CH4/c19-10-2-1-9-7-12-17-4-3-11(20)15-16(17,13(9)14(10)22-15)5-6-18(12)8-21-17;1-18-7-6-16-13-9-2-3-10(19)14(13)22-15(16)11(20)4-5-17(16,21)12(18)8-9;18-9-2-1-8-7-11-16(20)4-3-10(19)14-15(16,5-6-17-11)12(8)13(9)21-14;1-2;;;/h1-4,12,15,19H,5-8H2;2-5,12,15,19,21H,6-8H2,1H3;1-4,11,14,17-18,20H,5-7H2;1H2;3*1H4/t2*12-,15+,16+,17-;11-,14+,15+,16-;;;;/m111..../s1. The molecule has 0 saturated carbocycles. The van der Waals surface area contributed by atoms with Crippen LogP contribution in [0.4, 0.5) is 0 Å². The minimum atomic E-state index is -1.14. The molecule has 0 amide bonds. The van der Waals surface area contributed by atoms with Crippen LogP contribution in [0.3, 0.4) is 0 Å². The lowest BCUT2D eigenvalue weighted by Gasteiger charge is -2.60. The molecule has 16 nitrogen and oxygen atoms in total. The third kappa shape index (κ3) is 5.11. The SMILES string of the molecule is C.C.C.C=O.CN1CC[C@]23c4c5ccc(O)c4O[C@H]2C(=O)C=C[C@@]3(O)[C@H]1C5.O=C1C=C[C@@]2(O)[C@H]3Cc4ccc(O)c5c4[C@@]2(CCN3)[C@H]1O5.O=C1C=C[C@]23OCN4CC[C@@]25c2c(ccc(O)c2O[C@@H]15)C[C@@H]43. The maximum atomic E-state index is 12.5. The maximum absolute atomic E-state index is 12.5. The first kappa shape index (κ1) is 47.8. The molecule has 370 valence electrons. The molecule has 70 heavy (non-hydrogen) atoms. The molecule has 8 bridgehead atoms. The van der Waals surface area contributed by atoms with Gasteiger partial charge in [0.15, 0.2) is 70.2 Å². The highest BCUT2D eigenvalue weighted by atomic mass is 16.5. The van der Waals surface area contributed by atoms with Gasteiger partial charge in [-0.05, 0) is 130 Å². The van der Waals surface area contributed by atoms with Gasteiger partial charge in [-0.3, -0.25) is 24.2 Å². The third-order valence-corrected chi connectivity index (χ3v) is 18.2. The molecule has 13 aliphatic rings. The molecule has 3 aromatic carbocycles. The summed E-state index contributed by atoms with van der Waals surface area (Å²) in [6.45, 7) is 5.03. The summed E-state index contributed by atoms with van der Waals surface area (Å²) in [6, 6.07) is 10.7. The lowest BCUT2D eigenvalue weighted by molar-refractivity contribution is -0.151. The van der Waals surface area contributed by atoms with Crippen LogP contribution in [-0.4, -0.2) is 146 Å². The van der Waals surface area contributed by atoms with Crippen LogP contribution in [0.2, 0.25) is 0 Å². The normalized spacial score (nSPS) is 39.9. The molecule has 6 aliphatic carbocycles. The molecule has 6 N–H and O–H groups in total. The molecule has 16 rings (SSSR count). The number of carbonyl (C=O) groups is 4. The van der Waals surface area contributed by atoms with Gasteiger partial charge >= 0.3 is 0 Å². The number of nitrogens with one attached hydrogen (secondary N) is 1. The number of ketones is 3. The van der Waals surface area contributed by atoms with E-state index in [1.165, 1.54) is 17.7 Å². The second-order valence-electron chi connectivity index (χ2n) is 20.4. The summed E-state index contributed by atoms with van der Waals surface area (Å²) in [5.41, 5.74) is 1.24. The van der Waals surface area contributed by atoms with Crippen molar-refractivity contribution in [3.8, 4) is 34.5 Å². The van der Waals surface area contributed by atoms with Crippen LogP contribution in [0, 0.1) is 0 Å². The molecule has 4 saturated heterocycles. The maximum Gasteiger partial charge on any atom is 0.196 e. The number of carbonyl (C=O) groups excluding carboxylic acids is 4. The highest BCUT2D eigenvalue weighted by Crippen LogP contribution is 2.67. The van der Waals surface area contributed by atoms with E-state index in [0.29, 0.717) is 49.7 Å². The number of phenolic OH excluding ortho intramolecular Hbond substituents is 3. The first-order valence-corrected chi connectivity index (χ1v) is 23.0. The van der Waals surface area contributed by atoms with Gasteiger partial charge in [-0.2, -0.15) is 0 Å². The van der Waals surface area contributed by atoms with Gasteiger partial charge in [0.05, 0.1) is 16.2 Å². The quantitative estimate of drug-likeness (QED) is 0.190. The summed E-state index contributed by atoms with van der Waals surface area (Å²) >= 11 is 0. The predicted octanol–water partition coefficient (Wildman–Crippen LogP) is 3.31. The molecule has 13 atom stereocenters. The lowest BCUT2D eigenvalue weighted by atomic mass is 9.51. The second-order valence-corrected chi connectivity index (χ2v) is 20.4. The van der Waals surface area contributed by atoms with Crippen LogP contribution in [0.1, 0.15) is 74.9 Å². The number of ether oxygens (including phenoxy) is 4. The largest absolute Gasteiger partial charge is 0.504 e. The van der Waals surface area contributed by atoms with Crippen LogP contribution in [0.5, 0.6) is 34.5 Å². The first-order chi connectivity index (χ1) is 32.2. The topological polar surface area (TPSA) is 225 Å². The third-order valence-electron chi connectivity index (χ3n) is 18.2. The molecule has 4 spiro atoms. The predicted molar refractivity (Wildman–Crippen MR) is 255 cm³/mol. The van der Waals surface area contributed by atoms with Gasteiger partial charge in [0.2, 0.25) is 0 Å². The summed E-state index contributed by atoms with van der Waals surface area (Å²) in [7, 11) is 2.01. The molecule has 0 radical (unpaired) electrons. The monoisotopic (exact) mass is 959 g/mol. The second kappa shape index (κ2) is 15.3. The number of piperidine rings is 3. The van der Waals surface area contributed by atoms with Crippen LogP contribution in [-0.2, 0) is 59.4 Å². The van der Waals surface area contributed by atoms with Crippen LogP contribution >= 0.6 is 0 Å². The molecule has 7 heterocycles. The number of aromatic hydroxyl groups is 3. The van der Waals surface area contributed by atoms with Crippen molar-refractivity contribution >= 4 is 24.1 Å². The summed E-state index contributed by atoms with van der Waals surface area (Å²) < 4.78 is 24.1. The van der Waals surface area contributed by atoms with Gasteiger partial charge in [0, 0.05) is 41.4 Å². The Bertz CT molecular complexity index is 2890. The zero-order chi connectivity index (χ0) is 46.4. The van der Waals surface area contributed by atoms with Crippen molar-refractivity contribution in [2.75, 3.05) is 33.4 Å². The highest BCUT2D eigenvalue weighted by Gasteiger charge is 2.76. The zero-order valence-electron chi connectivity index (χ0n) is 36.6. The summed E-state index contributed by atoms with van der Waals surface area (Å²) in [6.07, 6.45) is 12.0. The number of hydrogen-bond donors (Lipinski definition) is 6. The number of benzene rings is 3. The summed E-state index contributed by atoms with van der Waals surface area (Å²) in [5, 5.41) is 56.8. The van der Waals surface area contributed by atoms with Crippen LogP contribution in [0.15, 0.2) is 72.9 Å². The van der Waals surface area contributed by atoms with E-state index < -0.39 is 51.4 Å². The molecule has 16 heteroatoms. The number of nitrogens with zero attached hydrogens (tertiary/aromatic N) is 2. The minimum absolute atomic E-state index is 0. The Morgan fingerprint density at radius 3 is 1.63 bits per heavy atom. The Hall–Kier alpha value is -5.88. The fourth-order valence-electron chi connectivity index (χ4n) is 15.6. The van der Waals surface area contributed by atoms with E-state index in [9.17, 15) is 39.9 Å². The highest BCUT2D eigenvalue weighted by molar-refractivity contribution is 6.00. The number of aliphatic hydroxyl groups is 2. The molecule has 0 aromatic heterocycles. The smallest absolute Gasteiger partial charge is 0.196 e. The molecule has 3 aromatic rings.